The highest BCUT2D eigenvalue weighted by Gasteiger charge is 2.55. The fraction of sp³-hybridized carbons (Fsp3) is 0.346. The van der Waals surface area contributed by atoms with E-state index in [-0.39, 0.29) is 46.3 Å². The molecule has 8 nitrogen and oxygen atoms in total. The number of carbonyl (C=O) groups excluding carboxylic acids is 2. The Balaban J connectivity index is 1.70. The Hall–Kier alpha value is -3.65. The smallest absolute Gasteiger partial charge is 0.250 e. The van der Waals surface area contributed by atoms with Crippen molar-refractivity contribution in [3.05, 3.63) is 69.8 Å². The molecule has 4 atom stereocenters. The van der Waals surface area contributed by atoms with Gasteiger partial charge in [-0.05, 0) is 67.9 Å². The monoisotopic (exact) mass is 462 g/mol. The molecule has 6 N–H and O–H groups in total. The van der Waals surface area contributed by atoms with E-state index < -0.39 is 29.1 Å². The van der Waals surface area contributed by atoms with Crippen LogP contribution < -0.4 is 5.73 Å². The molecule has 34 heavy (non-hydrogen) atoms. The van der Waals surface area contributed by atoms with Gasteiger partial charge in [-0.25, -0.2) is 0 Å². The normalized spacial score (nSPS) is 28.3. The molecule has 1 aromatic carbocycles. The third kappa shape index (κ3) is 2.98. The van der Waals surface area contributed by atoms with Crippen LogP contribution >= 0.6 is 0 Å². The summed E-state index contributed by atoms with van der Waals surface area (Å²) in [7, 11) is 0. The first-order chi connectivity index (χ1) is 16.0. The highest BCUT2D eigenvalue weighted by Crippen LogP contribution is 2.54. The van der Waals surface area contributed by atoms with Gasteiger partial charge in [0.15, 0.2) is 5.78 Å². The molecule has 8 heteroatoms. The number of Topliss-reactive ketones (excluding diaryl/α,β-unsaturated/α-hetero) is 1. The summed E-state index contributed by atoms with van der Waals surface area (Å²) in [4.78, 5) is 30.1. The van der Waals surface area contributed by atoms with Gasteiger partial charge in [-0.1, -0.05) is 6.07 Å². The van der Waals surface area contributed by atoms with Gasteiger partial charge >= 0.3 is 0 Å². The van der Waals surface area contributed by atoms with Gasteiger partial charge in [0.05, 0.1) is 22.7 Å². The first kappa shape index (κ1) is 22.2. The number of phenols is 1. The maximum absolute atomic E-state index is 13.8. The number of benzene rings is 1. The van der Waals surface area contributed by atoms with Crippen LogP contribution in [0.2, 0.25) is 0 Å². The van der Waals surface area contributed by atoms with E-state index in [9.17, 15) is 30.0 Å². The van der Waals surface area contributed by atoms with E-state index in [1.165, 1.54) is 6.92 Å². The van der Waals surface area contributed by atoms with Gasteiger partial charge < -0.3 is 26.2 Å². The lowest BCUT2D eigenvalue weighted by molar-refractivity contribution is -0.119. The number of aliphatic hydroxyl groups excluding tert-OH is 2. The number of aromatic nitrogens is 1. The SMILES string of the molecule is Cc1cc(-c2ccccn2)c2c(c1O)C(=O)C1=C(O)C3C(CC(O)=C(C(N)=O)C3(C)O)CC1C2. The van der Waals surface area contributed by atoms with Gasteiger partial charge in [-0.3, -0.25) is 14.6 Å². The van der Waals surface area contributed by atoms with Crippen molar-refractivity contribution in [2.75, 3.05) is 0 Å². The van der Waals surface area contributed by atoms with Crippen molar-refractivity contribution in [3.8, 4) is 17.0 Å². The summed E-state index contributed by atoms with van der Waals surface area (Å²) in [5.41, 5.74) is 5.96. The summed E-state index contributed by atoms with van der Waals surface area (Å²) >= 11 is 0. The van der Waals surface area contributed by atoms with Crippen molar-refractivity contribution in [2.45, 2.75) is 38.7 Å². The van der Waals surface area contributed by atoms with Crippen molar-refractivity contribution in [1.29, 1.82) is 0 Å². The molecule has 3 aliphatic carbocycles. The molecule has 0 radical (unpaired) electrons. The van der Waals surface area contributed by atoms with Crippen molar-refractivity contribution in [2.24, 2.45) is 23.5 Å². The molecule has 0 spiro atoms. The van der Waals surface area contributed by atoms with E-state index in [0.717, 1.165) is 5.56 Å². The average Bonchev–Trinajstić information content (AvgIpc) is 2.75. The lowest BCUT2D eigenvalue weighted by atomic mass is 9.58. The van der Waals surface area contributed by atoms with Gasteiger partial charge in [0, 0.05) is 23.8 Å². The van der Waals surface area contributed by atoms with Crippen LogP contribution in [0.3, 0.4) is 0 Å². The molecule has 4 unspecified atom stereocenters. The largest absolute Gasteiger partial charge is 0.512 e. The first-order valence-corrected chi connectivity index (χ1v) is 11.2. The van der Waals surface area contributed by atoms with Gasteiger partial charge in [0.1, 0.15) is 22.9 Å². The molecule has 0 aliphatic heterocycles. The minimum atomic E-state index is -1.95. The summed E-state index contributed by atoms with van der Waals surface area (Å²) in [5.74, 6) is -4.00. The zero-order chi connectivity index (χ0) is 24.5. The Morgan fingerprint density at radius 1 is 1.21 bits per heavy atom. The molecular weight excluding hydrogens is 436 g/mol. The number of carbonyl (C=O) groups is 2. The molecule has 1 aromatic heterocycles. The number of ketones is 1. The van der Waals surface area contributed by atoms with E-state index in [2.05, 4.69) is 4.98 Å². The Morgan fingerprint density at radius 2 is 1.94 bits per heavy atom. The Labute approximate surface area is 196 Å². The number of hydrogen-bond donors (Lipinski definition) is 5. The third-order valence-corrected chi connectivity index (χ3v) is 7.60. The maximum Gasteiger partial charge on any atom is 0.250 e. The van der Waals surface area contributed by atoms with Crippen molar-refractivity contribution < 1.29 is 30.0 Å². The second kappa shape index (κ2) is 7.43. The molecular formula is C26H26N2O6. The van der Waals surface area contributed by atoms with E-state index >= 15 is 0 Å². The number of aryl methyl sites for hydroxylation is 1. The number of nitrogens with two attached hydrogens (primary N) is 1. The molecule has 0 fully saturated rings. The number of pyridine rings is 1. The number of aliphatic hydroxyl groups is 3. The Bertz CT molecular complexity index is 1310. The van der Waals surface area contributed by atoms with Crippen molar-refractivity contribution in [3.63, 3.8) is 0 Å². The molecule has 0 bridgehead atoms. The molecule has 176 valence electrons. The van der Waals surface area contributed by atoms with E-state index in [0.29, 0.717) is 29.7 Å². The van der Waals surface area contributed by atoms with Crippen LogP contribution in [0.15, 0.2) is 53.1 Å². The van der Waals surface area contributed by atoms with E-state index in [1.807, 2.05) is 18.2 Å². The molecule has 0 saturated heterocycles. The number of hydrogen-bond acceptors (Lipinski definition) is 7. The van der Waals surface area contributed by atoms with E-state index in [4.69, 9.17) is 5.73 Å². The molecule has 3 aliphatic rings. The summed E-state index contributed by atoms with van der Waals surface area (Å²) in [6.07, 6.45) is 2.49. The topological polar surface area (TPSA) is 154 Å². The minimum Gasteiger partial charge on any atom is -0.512 e. The molecule has 5 rings (SSSR count). The fourth-order valence-corrected chi connectivity index (χ4v) is 6.26. The predicted molar refractivity (Wildman–Crippen MR) is 123 cm³/mol. The summed E-state index contributed by atoms with van der Waals surface area (Å²) in [5, 5.41) is 43.9. The van der Waals surface area contributed by atoms with Crippen LogP contribution in [0.25, 0.3) is 11.3 Å². The summed E-state index contributed by atoms with van der Waals surface area (Å²) in [6.45, 7) is 3.02. The lowest BCUT2D eigenvalue weighted by Crippen LogP contribution is -2.52. The van der Waals surface area contributed by atoms with Gasteiger partial charge in [-0.15, -0.1) is 0 Å². The van der Waals surface area contributed by atoms with Gasteiger partial charge in [-0.2, -0.15) is 0 Å². The number of allylic oxidation sites excluding steroid dienone is 2. The number of fused-ring (bicyclic) bond motifs is 3. The van der Waals surface area contributed by atoms with Crippen LogP contribution in [-0.4, -0.2) is 42.7 Å². The number of nitrogens with zero attached hydrogens (tertiary/aromatic N) is 1. The standard InChI is InChI=1S/C26H26N2O6/c1-11-7-14(16-5-3-4-6-28-16)15-9-12-8-13-10-17(29)21(25(27)33)26(2,34)20(13)24(32)18(12)23(31)19(15)22(11)30/h3-7,12-13,20,29-30,32,34H,8-10H2,1-2H3,(H2,27,33). The minimum absolute atomic E-state index is 0.0558. The zero-order valence-corrected chi connectivity index (χ0v) is 18.9. The highest BCUT2D eigenvalue weighted by atomic mass is 16.3. The second-order valence-electron chi connectivity index (χ2n) is 9.70. The fourth-order valence-electron chi connectivity index (χ4n) is 6.26. The second-order valence-corrected chi connectivity index (χ2v) is 9.70. The number of phenolic OH excluding ortho intramolecular Hbond substituents is 1. The summed E-state index contributed by atoms with van der Waals surface area (Å²) in [6, 6.07) is 7.29. The molecule has 1 heterocycles. The van der Waals surface area contributed by atoms with Crippen molar-refractivity contribution >= 4 is 11.7 Å². The van der Waals surface area contributed by atoms with Crippen LogP contribution in [0.1, 0.15) is 41.3 Å². The van der Waals surface area contributed by atoms with Crippen LogP contribution in [0.5, 0.6) is 5.75 Å². The average molecular weight is 463 g/mol. The number of aromatic hydroxyl groups is 1. The first-order valence-electron chi connectivity index (χ1n) is 11.2. The van der Waals surface area contributed by atoms with Crippen LogP contribution in [0.4, 0.5) is 0 Å². The quantitative estimate of drug-likeness (QED) is 0.460. The van der Waals surface area contributed by atoms with Crippen LogP contribution in [0, 0.1) is 24.7 Å². The number of primary amides is 1. The maximum atomic E-state index is 13.8. The predicted octanol–water partition coefficient (Wildman–Crippen LogP) is 3.02. The van der Waals surface area contributed by atoms with Gasteiger partial charge in [0.2, 0.25) is 0 Å². The third-order valence-electron chi connectivity index (χ3n) is 7.60. The van der Waals surface area contributed by atoms with Gasteiger partial charge in [0.25, 0.3) is 5.91 Å². The Morgan fingerprint density at radius 3 is 2.59 bits per heavy atom. The highest BCUT2D eigenvalue weighted by molar-refractivity contribution is 6.14. The molecule has 1 amide bonds. The van der Waals surface area contributed by atoms with Crippen LogP contribution in [-0.2, 0) is 11.2 Å². The zero-order valence-electron chi connectivity index (χ0n) is 18.9. The Kier molecular flexibility index (Phi) is 4.84. The summed E-state index contributed by atoms with van der Waals surface area (Å²) < 4.78 is 0. The number of rotatable bonds is 2. The van der Waals surface area contributed by atoms with Crippen molar-refractivity contribution in [1.82, 2.24) is 4.98 Å². The number of amides is 1. The molecule has 2 aromatic rings. The molecule has 0 saturated carbocycles. The van der Waals surface area contributed by atoms with E-state index in [1.54, 1.807) is 19.2 Å². The lowest BCUT2D eigenvalue weighted by Gasteiger charge is -2.48.